The van der Waals surface area contributed by atoms with Gasteiger partial charge in [0, 0.05) is 31.7 Å². The van der Waals surface area contributed by atoms with Crippen molar-refractivity contribution in [3.63, 3.8) is 0 Å². The molecule has 0 bridgehead atoms. The third-order valence-electron chi connectivity index (χ3n) is 3.96. The Balaban J connectivity index is 1.48. The zero-order valence-electron chi connectivity index (χ0n) is 12.6. The fraction of sp³-hybridized carbons (Fsp3) is 0.471. The molecule has 1 aliphatic rings. The number of hydrogen-bond acceptors (Lipinski definition) is 4. The Labute approximate surface area is 126 Å². The molecule has 21 heavy (non-hydrogen) atoms. The molecule has 0 spiro atoms. The number of oxazole rings is 1. The van der Waals surface area contributed by atoms with Crippen molar-refractivity contribution in [1.82, 2.24) is 10.3 Å². The summed E-state index contributed by atoms with van der Waals surface area (Å²) < 4.78 is 5.58. The third kappa shape index (κ3) is 3.64. The van der Waals surface area contributed by atoms with Gasteiger partial charge in [-0.15, -0.1) is 0 Å². The van der Waals surface area contributed by atoms with Gasteiger partial charge in [0.25, 0.3) is 0 Å². The van der Waals surface area contributed by atoms with Crippen molar-refractivity contribution in [2.24, 2.45) is 0 Å². The molecule has 2 aromatic rings. The normalized spacial score (nSPS) is 14.8. The predicted molar refractivity (Wildman–Crippen MR) is 84.3 cm³/mol. The number of rotatable bonds is 6. The van der Waals surface area contributed by atoms with Crippen molar-refractivity contribution < 1.29 is 4.42 Å². The van der Waals surface area contributed by atoms with E-state index in [0.29, 0.717) is 6.54 Å². The lowest BCUT2D eigenvalue weighted by Crippen LogP contribution is -2.17. The molecule has 3 rings (SSSR count). The van der Waals surface area contributed by atoms with E-state index in [4.69, 9.17) is 4.42 Å². The molecule has 4 heteroatoms. The maximum Gasteiger partial charge on any atom is 0.208 e. The van der Waals surface area contributed by atoms with Crippen LogP contribution in [0.2, 0.25) is 0 Å². The molecule has 0 amide bonds. The second-order valence-electron chi connectivity index (χ2n) is 5.54. The summed E-state index contributed by atoms with van der Waals surface area (Å²) in [6, 6.07) is 8.85. The van der Waals surface area contributed by atoms with E-state index in [1.165, 1.54) is 37.2 Å². The molecule has 1 N–H and O–H groups in total. The average molecular weight is 285 g/mol. The number of aryl methyl sites for hydroxylation is 1. The fourth-order valence-corrected chi connectivity index (χ4v) is 2.71. The lowest BCUT2D eigenvalue weighted by molar-refractivity contribution is 0.439. The van der Waals surface area contributed by atoms with Gasteiger partial charge in [-0.1, -0.05) is 19.1 Å². The van der Waals surface area contributed by atoms with Gasteiger partial charge in [-0.05, 0) is 30.5 Å². The summed E-state index contributed by atoms with van der Waals surface area (Å²) in [7, 11) is 0. The average Bonchev–Trinajstić information content (AvgIpc) is 3.19. The number of anilines is 1. The number of hydrogen-bond donors (Lipinski definition) is 1. The van der Waals surface area contributed by atoms with Gasteiger partial charge in [0.2, 0.25) is 5.89 Å². The van der Waals surface area contributed by atoms with Crippen molar-refractivity contribution in [3.8, 4) is 0 Å². The maximum atomic E-state index is 5.58. The van der Waals surface area contributed by atoms with Gasteiger partial charge >= 0.3 is 0 Å². The zero-order valence-corrected chi connectivity index (χ0v) is 12.6. The van der Waals surface area contributed by atoms with E-state index in [0.717, 1.165) is 24.6 Å². The van der Waals surface area contributed by atoms with Gasteiger partial charge in [-0.2, -0.15) is 0 Å². The molecule has 2 heterocycles. The minimum atomic E-state index is 0.674. The van der Waals surface area contributed by atoms with E-state index in [1.54, 1.807) is 0 Å². The van der Waals surface area contributed by atoms with E-state index in [9.17, 15) is 0 Å². The van der Waals surface area contributed by atoms with Crippen LogP contribution in [0.4, 0.5) is 5.69 Å². The summed E-state index contributed by atoms with van der Waals surface area (Å²) in [5.74, 6) is 1.71. The van der Waals surface area contributed by atoms with Gasteiger partial charge in [0.1, 0.15) is 5.76 Å². The fourth-order valence-electron chi connectivity index (χ4n) is 2.71. The highest BCUT2D eigenvalue weighted by molar-refractivity contribution is 5.48. The van der Waals surface area contributed by atoms with Crippen LogP contribution in [0.5, 0.6) is 0 Å². The summed E-state index contributed by atoms with van der Waals surface area (Å²) in [5.41, 5.74) is 2.64. The quantitative estimate of drug-likeness (QED) is 0.885. The van der Waals surface area contributed by atoms with Crippen molar-refractivity contribution in [1.29, 1.82) is 0 Å². The molecule has 0 aliphatic carbocycles. The number of nitrogens with zero attached hydrogens (tertiary/aromatic N) is 2. The minimum Gasteiger partial charge on any atom is -0.444 e. The van der Waals surface area contributed by atoms with Crippen LogP contribution in [0.15, 0.2) is 34.9 Å². The second kappa shape index (κ2) is 6.76. The molecule has 1 fully saturated rings. The molecule has 0 saturated carbocycles. The first-order valence-corrected chi connectivity index (χ1v) is 7.83. The van der Waals surface area contributed by atoms with E-state index in [-0.39, 0.29) is 0 Å². The Morgan fingerprint density at radius 3 is 2.57 bits per heavy atom. The van der Waals surface area contributed by atoms with Crippen LogP contribution in [0.1, 0.15) is 37.0 Å². The molecule has 0 radical (unpaired) electrons. The van der Waals surface area contributed by atoms with Gasteiger partial charge in [-0.25, -0.2) is 4.98 Å². The van der Waals surface area contributed by atoms with E-state index in [2.05, 4.69) is 46.4 Å². The molecular formula is C17H23N3O. The van der Waals surface area contributed by atoms with Crippen LogP contribution in [0.3, 0.4) is 0 Å². The summed E-state index contributed by atoms with van der Waals surface area (Å²) in [6.07, 6.45) is 5.34. The van der Waals surface area contributed by atoms with Crippen LogP contribution >= 0.6 is 0 Å². The molecule has 4 nitrogen and oxygen atoms in total. The first kappa shape index (κ1) is 14.1. The van der Waals surface area contributed by atoms with Gasteiger partial charge in [0.15, 0.2) is 0 Å². The number of benzene rings is 1. The van der Waals surface area contributed by atoms with Gasteiger partial charge in [-0.3, -0.25) is 0 Å². The second-order valence-corrected chi connectivity index (χ2v) is 5.54. The van der Waals surface area contributed by atoms with Crippen LogP contribution < -0.4 is 10.2 Å². The molecule has 1 saturated heterocycles. The van der Waals surface area contributed by atoms with Crippen LogP contribution in [-0.2, 0) is 19.5 Å². The standard InChI is InChI=1S/C17H23N3O/c1-2-16-12-19-17(21-16)13-18-11-14-5-7-15(8-6-14)20-9-3-4-10-20/h5-8,12,18H,2-4,9-11,13H2,1H3. The number of nitrogens with one attached hydrogen (secondary N) is 1. The Hall–Kier alpha value is -1.81. The van der Waals surface area contributed by atoms with Gasteiger partial charge < -0.3 is 14.6 Å². The molecular weight excluding hydrogens is 262 g/mol. The van der Waals surface area contributed by atoms with Crippen LogP contribution in [0, 0.1) is 0 Å². The lowest BCUT2D eigenvalue weighted by Gasteiger charge is -2.17. The highest BCUT2D eigenvalue weighted by atomic mass is 16.4. The van der Waals surface area contributed by atoms with Crippen molar-refractivity contribution in [3.05, 3.63) is 47.7 Å². The first-order chi connectivity index (χ1) is 10.3. The maximum absolute atomic E-state index is 5.58. The summed E-state index contributed by atoms with van der Waals surface area (Å²) in [6.45, 7) is 5.97. The molecule has 1 aliphatic heterocycles. The Bertz CT molecular complexity index is 556. The van der Waals surface area contributed by atoms with E-state index in [1.807, 2.05) is 6.20 Å². The Morgan fingerprint density at radius 1 is 1.14 bits per heavy atom. The van der Waals surface area contributed by atoms with Crippen molar-refractivity contribution in [2.75, 3.05) is 18.0 Å². The number of aromatic nitrogens is 1. The highest BCUT2D eigenvalue weighted by Crippen LogP contribution is 2.20. The van der Waals surface area contributed by atoms with Crippen LogP contribution in [0.25, 0.3) is 0 Å². The Morgan fingerprint density at radius 2 is 1.90 bits per heavy atom. The lowest BCUT2D eigenvalue weighted by atomic mass is 10.2. The van der Waals surface area contributed by atoms with Gasteiger partial charge in [0.05, 0.1) is 12.7 Å². The molecule has 1 aromatic carbocycles. The molecule has 0 atom stereocenters. The summed E-state index contributed by atoms with van der Waals surface area (Å²) >= 11 is 0. The smallest absolute Gasteiger partial charge is 0.208 e. The summed E-state index contributed by atoms with van der Waals surface area (Å²) in [5, 5.41) is 3.37. The molecule has 1 aromatic heterocycles. The van der Waals surface area contributed by atoms with Crippen molar-refractivity contribution in [2.45, 2.75) is 39.3 Å². The zero-order chi connectivity index (χ0) is 14.5. The van der Waals surface area contributed by atoms with E-state index < -0.39 is 0 Å². The minimum absolute atomic E-state index is 0.674. The van der Waals surface area contributed by atoms with Crippen molar-refractivity contribution >= 4 is 5.69 Å². The van der Waals surface area contributed by atoms with E-state index >= 15 is 0 Å². The summed E-state index contributed by atoms with van der Waals surface area (Å²) in [4.78, 5) is 6.70. The Kier molecular flexibility index (Phi) is 4.55. The monoisotopic (exact) mass is 285 g/mol. The van der Waals surface area contributed by atoms with Crippen LogP contribution in [-0.4, -0.2) is 18.1 Å². The first-order valence-electron chi connectivity index (χ1n) is 7.83. The third-order valence-corrected chi connectivity index (χ3v) is 3.96. The highest BCUT2D eigenvalue weighted by Gasteiger charge is 2.11. The predicted octanol–water partition coefficient (Wildman–Crippen LogP) is 3.13. The topological polar surface area (TPSA) is 41.3 Å². The molecule has 112 valence electrons. The molecule has 0 unspecified atom stereocenters. The largest absolute Gasteiger partial charge is 0.444 e. The SMILES string of the molecule is CCc1cnc(CNCc2ccc(N3CCCC3)cc2)o1.